The molecular formula is C22H29N5O2. The highest BCUT2D eigenvalue weighted by molar-refractivity contribution is 5.93. The molecule has 0 saturated heterocycles. The summed E-state index contributed by atoms with van der Waals surface area (Å²) in [5, 5.41) is 6.66. The third-order valence-corrected chi connectivity index (χ3v) is 4.48. The first kappa shape index (κ1) is 20.7. The molecule has 2 N–H and O–H groups in total. The number of para-hydroxylation sites is 2. The van der Waals surface area contributed by atoms with Crippen molar-refractivity contribution in [3.8, 4) is 5.75 Å². The molecule has 2 aromatic carbocycles. The largest absolute Gasteiger partial charge is 0.493 e. The van der Waals surface area contributed by atoms with Crippen LogP contribution in [0.15, 0.2) is 59.9 Å². The van der Waals surface area contributed by atoms with Gasteiger partial charge in [-0.2, -0.15) is 0 Å². The molecule has 1 aromatic heterocycles. The lowest BCUT2D eigenvalue weighted by molar-refractivity contribution is 0.172. The maximum atomic E-state index is 5.75. The molecule has 29 heavy (non-hydrogen) atoms. The number of aryl methyl sites for hydroxylation is 1. The van der Waals surface area contributed by atoms with E-state index in [2.05, 4.69) is 31.2 Å². The van der Waals surface area contributed by atoms with Crippen LogP contribution in [0, 0.1) is 0 Å². The van der Waals surface area contributed by atoms with Crippen LogP contribution in [0.2, 0.25) is 0 Å². The number of hydrogen-bond donors (Lipinski definition) is 2. The number of ether oxygens (including phenoxy) is 2. The number of fused-ring (bicyclic) bond motifs is 1. The molecule has 3 rings (SSSR count). The van der Waals surface area contributed by atoms with Crippen molar-refractivity contribution in [2.24, 2.45) is 4.99 Å². The van der Waals surface area contributed by atoms with E-state index in [-0.39, 0.29) is 0 Å². The molecule has 7 nitrogen and oxygen atoms in total. The maximum Gasteiger partial charge on any atom is 0.195 e. The van der Waals surface area contributed by atoms with E-state index < -0.39 is 0 Å². The second-order valence-electron chi connectivity index (χ2n) is 6.63. The lowest BCUT2D eigenvalue weighted by Gasteiger charge is -2.13. The molecule has 154 valence electrons. The molecule has 7 heteroatoms. The lowest BCUT2D eigenvalue weighted by Crippen LogP contribution is -2.31. The first-order chi connectivity index (χ1) is 14.3. The normalized spacial score (nSPS) is 11.6. The summed E-state index contributed by atoms with van der Waals surface area (Å²) in [4.78, 5) is 8.73. The third-order valence-electron chi connectivity index (χ3n) is 4.48. The Bertz CT molecular complexity index is 922. The molecule has 1 heterocycles. The smallest absolute Gasteiger partial charge is 0.195 e. The Morgan fingerprint density at radius 2 is 2.00 bits per heavy atom. The van der Waals surface area contributed by atoms with Gasteiger partial charge in [0.1, 0.15) is 5.75 Å². The van der Waals surface area contributed by atoms with E-state index in [1.807, 2.05) is 48.8 Å². The Morgan fingerprint density at radius 1 is 1.10 bits per heavy atom. The predicted octanol–water partition coefficient (Wildman–Crippen LogP) is 3.53. The molecule has 0 unspecified atom stereocenters. The number of imidazole rings is 1. The molecule has 0 aliphatic heterocycles. The topological polar surface area (TPSA) is 72.7 Å². The molecule has 0 aliphatic rings. The van der Waals surface area contributed by atoms with Gasteiger partial charge in [0, 0.05) is 52.0 Å². The summed E-state index contributed by atoms with van der Waals surface area (Å²) >= 11 is 0. The number of guanidine groups is 1. The van der Waals surface area contributed by atoms with Crippen LogP contribution in [-0.2, 0) is 11.3 Å². The molecule has 3 aromatic rings. The third kappa shape index (κ3) is 6.22. The zero-order valence-electron chi connectivity index (χ0n) is 17.1. The molecule has 0 spiro atoms. The monoisotopic (exact) mass is 395 g/mol. The van der Waals surface area contributed by atoms with Gasteiger partial charge in [0.05, 0.1) is 24.0 Å². The first-order valence-corrected chi connectivity index (χ1v) is 9.89. The second-order valence-corrected chi connectivity index (χ2v) is 6.63. The van der Waals surface area contributed by atoms with Crippen molar-refractivity contribution in [1.29, 1.82) is 0 Å². The highest BCUT2D eigenvalue weighted by Gasteiger charge is 2.03. The van der Waals surface area contributed by atoms with Crippen LogP contribution in [0.1, 0.15) is 12.8 Å². The molecule has 0 aliphatic carbocycles. The number of aliphatic imine (C=N–C) groups is 1. The highest BCUT2D eigenvalue weighted by atomic mass is 16.5. The second kappa shape index (κ2) is 11.1. The number of benzene rings is 2. The van der Waals surface area contributed by atoms with Crippen LogP contribution in [0.25, 0.3) is 11.0 Å². The molecule has 0 atom stereocenters. The van der Waals surface area contributed by atoms with Crippen molar-refractivity contribution in [2.75, 3.05) is 39.2 Å². The predicted molar refractivity (Wildman–Crippen MR) is 118 cm³/mol. The first-order valence-electron chi connectivity index (χ1n) is 9.89. The zero-order valence-corrected chi connectivity index (χ0v) is 17.1. The van der Waals surface area contributed by atoms with Crippen molar-refractivity contribution in [1.82, 2.24) is 14.9 Å². The molecule has 0 radical (unpaired) electrons. The summed E-state index contributed by atoms with van der Waals surface area (Å²) in [6.07, 6.45) is 3.73. The fraction of sp³-hybridized carbons (Fsp3) is 0.364. The molecule has 0 amide bonds. The van der Waals surface area contributed by atoms with Crippen molar-refractivity contribution >= 4 is 22.7 Å². The number of rotatable bonds is 10. The maximum absolute atomic E-state index is 5.75. The van der Waals surface area contributed by atoms with Crippen molar-refractivity contribution in [2.45, 2.75) is 19.4 Å². The van der Waals surface area contributed by atoms with E-state index in [1.54, 1.807) is 14.2 Å². The SMILES string of the molecule is CN=C(NCCCn1cnc2ccccc21)Nc1cccc(OCCCOC)c1. The van der Waals surface area contributed by atoms with Crippen LogP contribution in [-0.4, -0.2) is 49.4 Å². The van der Waals surface area contributed by atoms with E-state index in [1.165, 1.54) is 0 Å². The van der Waals surface area contributed by atoms with Gasteiger partial charge in [0.25, 0.3) is 0 Å². The standard InChI is InChI=1S/C22H29N5O2/c1-23-22(26-18-8-5-9-19(16-18)29-15-7-14-28-2)24-12-6-13-27-17-25-20-10-3-4-11-21(20)27/h3-5,8-11,16-17H,6-7,12-15H2,1-2H3,(H2,23,24,26). The minimum atomic E-state index is 0.632. The zero-order chi connectivity index (χ0) is 20.3. The van der Waals surface area contributed by atoms with Crippen LogP contribution in [0.3, 0.4) is 0 Å². The minimum Gasteiger partial charge on any atom is -0.493 e. The minimum absolute atomic E-state index is 0.632. The summed E-state index contributed by atoms with van der Waals surface area (Å²) in [6.45, 7) is 3.03. The van der Waals surface area contributed by atoms with E-state index >= 15 is 0 Å². The van der Waals surface area contributed by atoms with E-state index in [9.17, 15) is 0 Å². The van der Waals surface area contributed by atoms with Gasteiger partial charge in [-0.15, -0.1) is 0 Å². The number of aromatic nitrogens is 2. The van der Waals surface area contributed by atoms with Gasteiger partial charge in [-0.3, -0.25) is 4.99 Å². The molecular weight excluding hydrogens is 366 g/mol. The molecule has 0 fully saturated rings. The van der Waals surface area contributed by atoms with Gasteiger partial charge in [-0.1, -0.05) is 18.2 Å². The molecule has 0 bridgehead atoms. The number of methoxy groups -OCH3 is 1. The summed E-state index contributed by atoms with van der Waals surface area (Å²) in [7, 11) is 3.46. The lowest BCUT2D eigenvalue weighted by atomic mass is 10.3. The van der Waals surface area contributed by atoms with Crippen molar-refractivity contribution in [3.05, 3.63) is 54.9 Å². The quantitative estimate of drug-likeness (QED) is 0.312. The summed E-state index contributed by atoms with van der Waals surface area (Å²) in [5.74, 6) is 1.56. The van der Waals surface area contributed by atoms with Gasteiger partial charge in [-0.05, 0) is 30.7 Å². The average molecular weight is 396 g/mol. The van der Waals surface area contributed by atoms with Crippen molar-refractivity contribution in [3.63, 3.8) is 0 Å². The van der Waals surface area contributed by atoms with Gasteiger partial charge >= 0.3 is 0 Å². The number of hydrogen-bond acceptors (Lipinski definition) is 4. The highest BCUT2D eigenvalue weighted by Crippen LogP contribution is 2.17. The van der Waals surface area contributed by atoms with E-state index in [0.717, 1.165) is 54.4 Å². The fourth-order valence-corrected chi connectivity index (χ4v) is 3.02. The Hall–Kier alpha value is -3.06. The van der Waals surface area contributed by atoms with E-state index in [0.29, 0.717) is 13.2 Å². The van der Waals surface area contributed by atoms with Gasteiger partial charge in [0.15, 0.2) is 5.96 Å². The number of nitrogens with one attached hydrogen (secondary N) is 2. The summed E-state index contributed by atoms with van der Waals surface area (Å²) < 4.78 is 13.0. The van der Waals surface area contributed by atoms with Crippen LogP contribution < -0.4 is 15.4 Å². The van der Waals surface area contributed by atoms with Gasteiger partial charge in [0.2, 0.25) is 0 Å². The summed E-state index contributed by atoms with van der Waals surface area (Å²) in [5.41, 5.74) is 3.13. The Labute approximate surface area is 171 Å². The van der Waals surface area contributed by atoms with Crippen molar-refractivity contribution < 1.29 is 9.47 Å². The van der Waals surface area contributed by atoms with Gasteiger partial charge < -0.3 is 24.7 Å². The fourth-order valence-electron chi connectivity index (χ4n) is 3.02. The van der Waals surface area contributed by atoms with Crippen LogP contribution in [0.4, 0.5) is 5.69 Å². The van der Waals surface area contributed by atoms with E-state index in [4.69, 9.17) is 9.47 Å². The number of nitrogens with zero attached hydrogens (tertiary/aromatic N) is 3. The Kier molecular flexibility index (Phi) is 7.89. The average Bonchev–Trinajstić information content (AvgIpc) is 3.17. The van der Waals surface area contributed by atoms with Gasteiger partial charge in [-0.25, -0.2) is 4.98 Å². The summed E-state index contributed by atoms with van der Waals surface area (Å²) in [6, 6.07) is 16.1. The van der Waals surface area contributed by atoms with Crippen LogP contribution in [0.5, 0.6) is 5.75 Å². The Morgan fingerprint density at radius 3 is 2.86 bits per heavy atom. The molecule has 0 saturated carbocycles. The Balaban J connectivity index is 1.44. The number of anilines is 1. The van der Waals surface area contributed by atoms with Crippen LogP contribution >= 0.6 is 0 Å².